The van der Waals surface area contributed by atoms with E-state index in [4.69, 9.17) is 16.0 Å². The highest BCUT2D eigenvalue weighted by atomic mass is 35.5. The summed E-state index contributed by atoms with van der Waals surface area (Å²) in [5.41, 5.74) is 1.02. The summed E-state index contributed by atoms with van der Waals surface area (Å²) in [6, 6.07) is 12.6. The van der Waals surface area contributed by atoms with E-state index in [1.165, 1.54) is 0 Å². The van der Waals surface area contributed by atoms with E-state index in [1.54, 1.807) is 34.0 Å². The highest BCUT2D eigenvalue weighted by Gasteiger charge is 2.14. The number of halogens is 1. The average molecular weight is 383 g/mol. The minimum atomic E-state index is -0.411. The summed E-state index contributed by atoms with van der Waals surface area (Å²) in [6.45, 7) is 0.975. The van der Waals surface area contributed by atoms with E-state index in [0.717, 1.165) is 5.56 Å². The van der Waals surface area contributed by atoms with Gasteiger partial charge in [-0.25, -0.2) is 9.67 Å². The van der Waals surface area contributed by atoms with Gasteiger partial charge in [-0.3, -0.25) is 14.8 Å². The van der Waals surface area contributed by atoms with Crippen molar-refractivity contribution in [2.45, 2.75) is 13.1 Å². The Balaban J connectivity index is 1.38. The summed E-state index contributed by atoms with van der Waals surface area (Å²) in [5, 5.41) is 11.7. The minimum Gasteiger partial charge on any atom is -0.454 e. The molecule has 0 bridgehead atoms. The number of hydrogen-bond acceptors (Lipinski definition) is 5. The van der Waals surface area contributed by atoms with Crippen LogP contribution in [0.5, 0.6) is 0 Å². The molecular weight excluding hydrogens is 368 g/mol. The van der Waals surface area contributed by atoms with Gasteiger partial charge in [0.2, 0.25) is 5.95 Å². The van der Waals surface area contributed by atoms with Crippen LogP contribution in [0.1, 0.15) is 21.9 Å². The maximum atomic E-state index is 12.3. The Morgan fingerprint density at radius 2 is 1.96 bits per heavy atom. The molecule has 3 heterocycles. The fraction of sp³-hybridized carbons (Fsp3) is 0.111. The van der Waals surface area contributed by atoms with Crippen molar-refractivity contribution >= 4 is 23.5 Å². The topological polar surface area (TPSA) is 90.8 Å². The van der Waals surface area contributed by atoms with Crippen LogP contribution in [-0.2, 0) is 13.1 Å². The summed E-state index contributed by atoms with van der Waals surface area (Å²) in [7, 11) is 0. The first kappa shape index (κ1) is 17.0. The van der Waals surface area contributed by atoms with Crippen molar-refractivity contribution in [1.82, 2.24) is 24.5 Å². The molecule has 3 aromatic heterocycles. The Hall–Kier alpha value is -3.39. The average Bonchev–Trinajstić information content (AvgIpc) is 3.40. The molecule has 0 spiro atoms. The van der Waals surface area contributed by atoms with Crippen molar-refractivity contribution in [2.75, 3.05) is 5.32 Å². The van der Waals surface area contributed by atoms with Gasteiger partial charge >= 0.3 is 0 Å². The Morgan fingerprint density at radius 1 is 1.11 bits per heavy atom. The summed E-state index contributed by atoms with van der Waals surface area (Å²) in [6.07, 6.45) is 5.05. The molecule has 4 rings (SSSR count). The summed E-state index contributed by atoms with van der Waals surface area (Å²) >= 11 is 5.88. The van der Waals surface area contributed by atoms with Crippen molar-refractivity contribution in [2.24, 2.45) is 0 Å². The lowest BCUT2D eigenvalue weighted by Gasteiger charge is -2.01. The molecule has 0 aliphatic rings. The van der Waals surface area contributed by atoms with Crippen LogP contribution >= 0.6 is 11.6 Å². The lowest BCUT2D eigenvalue weighted by molar-refractivity contribution is 0.0993. The molecule has 0 aliphatic carbocycles. The molecule has 27 heavy (non-hydrogen) atoms. The van der Waals surface area contributed by atoms with Gasteiger partial charge in [-0.15, -0.1) is 5.10 Å². The van der Waals surface area contributed by atoms with Crippen LogP contribution in [0.3, 0.4) is 0 Å². The zero-order valence-corrected chi connectivity index (χ0v) is 14.9. The lowest BCUT2D eigenvalue weighted by atomic mass is 10.2. The molecule has 0 aliphatic heterocycles. The number of nitrogens with zero attached hydrogens (tertiary/aromatic N) is 5. The molecule has 4 aromatic rings. The Bertz CT molecular complexity index is 1040. The molecule has 1 aromatic carbocycles. The monoisotopic (exact) mass is 382 g/mol. The second-order valence-electron chi connectivity index (χ2n) is 5.82. The third-order valence-electron chi connectivity index (χ3n) is 3.78. The van der Waals surface area contributed by atoms with Gasteiger partial charge < -0.3 is 4.42 Å². The van der Waals surface area contributed by atoms with Crippen molar-refractivity contribution in [3.8, 4) is 0 Å². The molecule has 9 heteroatoms. The highest BCUT2D eigenvalue weighted by Crippen LogP contribution is 2.13. The van der Waals surface area contributed by atoms with Gasteiger partial charge in [0, 0.05) is 17.4 Å². The molecule has 0 saturated carbocycles. The zero-order chi connectivity index (χ0) is 18.6. The number of hydrogen-bond donors (Lipinski definition) is 1. The Morgan fingerprint density at radius 3 is 2.74 bits per heavy atom. The molecule has 0 unspecified atom stereocenters. The smallest absolute Gasteiger partial charge is 0.293 e. The molecule has 0 radical (unpaired) electrons. The number of amides is 1. The number of rotatable bonds is 6. The van der Waals surface area contributed by atoms with Crippen LogP contribution in [-0.4, -0.2) is 30.5 Å². The van der Waals surface area contributed by atoms with Gasteiger partial charge in [-0.05, 0) is 35.9 Å². The summed E-state index contributed by atoms with van der Waals surface area (Å²) in [4.78, 5) is 16.4. The quantitative estimate of drug-likeness (QED) is 0.553. The fourth-order valence-corrected chi connectivity index (χ4v) is 2.63. The van der Waals surface area contributed by atoms with Crippen molar-refractivity contribution in [3.63, 3.8) is 0 Å². The number of anilines is 1. The molecule has 1 N–H and O–H groups in total. The van der Waals surface area contributed by atoms with E-state index < -0.39 is 5.91 Å². The summed E-state index contributed by atoms with van der Waals surface area (Å²) in [5.74, 6) is 0.612. The number of furan rings is 1. The van der Waals surface area contributed by atoms with Gasteiger partial charge in [0.25, 0.3) is 5.91 Å². The van der Waals surface area contributed by atoms with Gasteiger partial charge in [0.1, 0.15) is 12.1 Å². The van der Waals surface area contributed by atoms with E-state index in [-0.39, 0.29) is 11.7 Å². The van der Waals surface area contributed by atoms with Gasteiger partial charge in [0.15, 0.2) is 5.76 Å². The van der Waals surface area contributed by atoms with E-state index in [1.807, 2.05) is 36.5 Å². The maximum absolute atomic E-state index is 12.3. The second kappa shape index (κ2) is 7.46. The van der Waals surface area contributed by atoms with Gasteiger partial charge in [0.05, 0.1) is 13.1 Å². The zero-order valence-electron chi connectivity index (χ0n) is 14.1. The first-order chi connectivity index (χ1) is 13.2. The molecule has 8 nitrogen and oxygen atoms in total. The Labute approximate surface area is 159 Å². The lowest BCUT2D eigenvalue weighted by Crippen LogP contribution is -2.12. The van der Waals surface area contributed by atoms with E-state index in [2.05, 4.69) is 20.5 Å². The fourth-order valence-electron chi connectivity index (χ4n) is 2.51. The Kier molecular flexibility index (Phi) is 4.71. The summed E-state index contributed by atoms with van der Waals surface area (Å²) < 4.78 is 8.89. The van der Waals surface area contributed by atoms with Gasteiger partial charge in [-0.1, -0.05) is 23.7 Å². The number of carbonyl (C=O) groups excluding carboxylic acids is 1. The van der Waals surface area contributed by atoms with E-state index in [9.17, 15) is 4.79 Å². The highest BCUT2D eigenvalue weighted by molar-refractivity contribution is 6.30. The van der Waals surface area contributed by atoms with Crippen LogP contribution in [0, 0.1) is 0 Å². The molecule has 1 amide bonds. The van der Waals surface area contributed by atoms with Crippen LogP contribution in [0.4, 0.5) is 5.95 Å². The molecule has 0 atom stereocenters. The standard InChI is InChI=1S/C18H15ClN6O2/c19-14-4-2-13(3-5-14)10-25-12-20-18(23-25)22-17(26)16-7-6-15(27-16)11-24-9-1-8-21-24/h1-9,12H,10-11H2,(H,22,23,26). The van der Waals surface area contributed by atoms with Crippen LogP contribution in [0.25, 0.3) is 0 Å². The number of benzene rings is 1. The molecule has 136 valence electrons. The maximum Gasteiger partial charge on any atom is 0.293 e. The third-order valence-corrected chi connectivity index (χ3v) is 4.03. The number of carbonyl (C=O) groups is 1. The number of nitrogens with one attached hydrogen (secondary N) is 1. The van der Waals surface area contributed by atoms with Crippen molar-refractivity contribution in [1.29, 1.82) is 0 Å². The van der Waals surface area contributed by atoms with Gasteiger partial charge in [-0.2, -0.15) is 5.10 Å². The first-order valence-electron chi connectivity index (χ1n) is 8.17. The van der Waals surface area contributed by atoms with Crippen LogP contribution in [0.2, 0.25) is 5.02 Å². The first-order valence-corrected chi connectivity index (χ1v) is 8.55. The predicted molar refractivity (Wildman–Crippen MR) is 98.6 cm³/mol. The molecule has 0 fully saturated rings. The minimum absolute atomic E-state index is 0.186. The van der Waals surface area contributed by atoms with Crippen LogP contribution in [0.15, 0.2) is 65.6 Å². The second-order valence-corrected chi connectivity index (χ2v) is 6.25. The normalized spacial score (nSPS) is 10.9. The SMILES string of the molecule is O=C(Nc1ncn(Cc2ccc(Cl)cc2)n1)c1ccc(Cn2cccn2)o1. The third kappa shape index (κ3) is 4.24. The van der Waals surface area contributed by atoms with Crippen molar-refractivity contribution < 1.29 is 9.21 Å². The largest absolute Gasteiger partial charge is 0.454 e. The van der Waals surface area contributed by atoms with E-state index in [0.29, 0.717) is 23.9 Å². The van der Waals surface area contributed by atoms with Crippen LogP contribution < -0.4 is 5.32 Å². The van der Waals surface area contributed by atoms with Crippen molar-refractivity contribution in [3.05, 3.63) is 83.3 Å². The number of aromatic nitrogens is 5. The van der Waals surface area contributed by atoms with E-state index >= 15 is 0 Å². The predicted octanol–water partition coefficient (Wildman–Crippen LogP) is 3.07. The molecular formula is C18H15ClN6O2. The molecule has 0 saturated heterocycles.